The van der Waals surface area contributed by atoms with Crippen LogP contribution in [0.4, 0.5) is 10.5 Å². The average molecular weight is 405 g/mol. The van der Waals surface area contributed by atoms with Gasteiger partial charge in [-0.25, -0.2) is 9.59 Å². The van der Waals surface area contributed by atoms with E-state index in [0.29, 0.717) is 11.4 Å². The number of amides is 4. The normalized spacial score (nSPS) is 17.7. The monoisotopic (exact) mass is 405 g/mol. The molecule has 0 aromatic heterocycles. The molecule has 1 aliphatic heterocycles. The van der Waals surface area contributed by atoms with Gasteiger partial charge < -0.3 is 15.4 Å². The summed E-state index contributed by atoms with van der Waals surface area (Å²) in [4.78, 5) is 48.7. The van der Waals surface area contributed by atoms with Crippen molar-refractivity contribution in [1.29, 1.82) is 0 Å². The van der Waals surface area contributed by atoms with Crippen molar-refractivity contribution in [1.82, 2.24) is 10.6 Å². The van der Waals surface area contributed by atoms with E-state index < -0.39 is 24.0 Å². The number of hydrogen-bond donors (Lipinski definition) is 3. The molecule has 1 aromatic rings. The Kier molecular flexibility index (Phi) is 6.56. The van der Waals surface area contributed by atoms with Gasteiger partial charge in [0, 0.05) is 10.9 Å². The van der Waals surface area contributed by atoms with Crippen LogP contribution in [0.2, 0.25) is 0 Å². The van der Waals surface area contributed by atoms with E-state index in [9.17, 15) is 19.2 Å². The number of thioether (sulfide) groups is 1. The zero-order valence-corrected chi connectivity index (χ0v) is 16.4. The van der Waals surface area contributed by atoms with Crippen LogP contribution < -0.4 is 16.0 Å². The summed E-state index contributed by atoms with van der Waals surface area (Å²) in [6.07, 6.45) is 3.96. The number of imide groups is 1. The lowest BCUT2D eigenvalue weighted by atomic mass is 9.96. The second-order valence-corrected chi connectivity index (χ2v) is 7.91. The fraction of sp³-hybridized carbons (Fsp3) is 0.474. The number of hydrogen-bond acceptors (Lipinski definition) is 6. The van der Waals surface area contributed by atoms with Crippen LogP contribution >= 0.6 is 11.8 Å². The summed E-state index contributed by atoms with van der Waals surface area (Å²) < 4.78 is 5.16. The molecule has 1 aromatic carbocycles. The maximum atomic E-state index is 12.3. The van der Waals surface area contributed by atoms with Crippen molar-refractivity contribution in [2.75, 3.05) is 11.1 Å². The van der Waals surface area contributed by atoms with Crippen LogP contribution in [-0.4, -0.2) is 41.7 Å². The summed E-state index contributed by atoms with van der Waals surface area (Å²) >= 11 is 1.38. The van der Waals surface area contributed by atoms with Crippen LogP contribution in [-0.2, 0) is 14.3 Å². The van der Waals surface area contributed by atoms with E-state index in [1.807, 2.05) is 0 Å². The van der Waals surface area contributed by atoms with E-state index in [1.54, 1.807) is 12.1 Å². The highest BCUT2D eigenvalue weighted by Gasteiger charge is 2.24. The molecule has 1 aliphatic carbocycles. The van der Waals surface area contributed by atoms with Gasteiger partial charge in [0.25, 0.3) is 5.91 Å². The summed E-state index contributed by atoms with van der Waals surface area (Å²) in [6.45, 7) is 1.40. The largest absolute Gasteiger partial charge is 0.449 e. The van der Waals surface area contributed by atoms with Crippen LogP contribution in [0.1, 0.15) is 49.4 Å². The zero-order valence-electron chi connectivity index (χ0n) is 15.6. The van der Waals surface area contributed by atoms with E-state index in [0.717, 1.165) is 37.0 Å². The molecule has 0 bridgehead atoms. The van der Waals surface area contributed by atoms with E-state index in [-0.39, 0.29) is 17.5 Å². The Bertz CT molecular complexity index is 792. The van der Waals surface area contributed by atoms with Gasteiger partial charge in [0.05, 0.1) is 17.0 Å². The lowest BCUT2D eigenvalue weighted by Crippen LogP contribution is -2.48. The smallest absolute Gasteiger partial charge is 0.338 e. The molecule has 150 valence electrons. The number of fused-ring (bicyclic) bond motifs is 1. The first kappa shape index (κ1) is 20.2. The molecule has 1 heterocycles. The van der Waals surface area contributed by atoms with Crippen LogP contribution in [0, 0.1) is 0 Å². The van der Waals surface area contributed by atoms with Crippen molar-refractivity contribution in [2.24, 2.45) is 0 Å². The number of carbonyl (C=O) groups is 4. The molecule has 28 heavy (non-hydrogen) atoms. The Morgan fingerprint density at radius 2 is 1.96 bits per heavy atom. The first-order chi connectivity index (χ1) is 13.4. The van der Waals surface area contributed by atoms with Gasteiger partial charge in [0.1, 0.15) is 0 Å². The standard InChI is InChI=1S/C19H23N3O5S/c1-11(17(24)22-19(26)20-13-5-3-2-4-6-13)27-18(25)12-7-8-15-14(9-12)21-16(23)10-28-15/h7-9,11,13H,2-6,10H2,1H3,(H,21,23)(H2,20,22,24,26)/t11-/m1/s1. The Labute approximate surface area is 167 Å². The number of rotatable bonds is 4. The quantitative estimate of drug-likeness (QED) is 0.663. The highest BCUT2D eigenvalue weighted by atomic mass is 32.2. The minimum atomic E-state index is -1.13. The average Bonchev–Trinajstić information content (AvgIpc) is 2.67. The molecular formula is C19H23N3O5S. The molecule has 0 unspecified atom stereocenters. The van der Waals surface area contributed by atoms with Crippen LogP contribution in [0.5, 0.6) is 0 Å². The third-order valence-corrected chi connectivity index (χ3v) is 5.75. The predicted octanol–water partition coefficient (Wildman–Crippen LogP) is 2.43. The third kappa shape index (κ3) is 5.25. The minimum absolute atomic E-state index is 0.0722. The fourth-order valence-electron chi connectivity index (χ4n) is 3.17. The summed E-state index contributed by atoms with van der Waals surface area (Å²) in [5, 5.41) is 7.68. The topological polar surface area (TPSA) is 114 Å². The van der Waals surface area contributed by atoms with Crippen LogP contribution in [0.15, 0.2) is 23.1 Å². The molecule has 0 saturated heterocycles. The Hall–Kier alpha value is -2.55. The van der Waals surface area contributed by atoms with Gasteiger partial charge in [-0.1, -0.05) is 19.3 Å². The van der Waals surface area contributed by atoms with E-state index in [1.165, 1.54) is 24.8 Å². The highest BCUT2D eigenvalue weighted by Crippen LogP contribution is 2.32. The Balaban J connectivity index is 1.52. The van der Waals surface area contributed by atoms with Crippen molar-refractivity contribution in [3.05, 3.63) is 23.8 Å². The third-order valence-electron chi connectivity index (χ3n) is 4.68. The summed E-state index contributed by atoms with van der Waals surface area (Å²) in [5.74, 6) is -1.21. The van der Waals surface area contributed by atoms with E-state index >= 15 is 0 Å². The minimum Gasteiger partial charge on any atom is -0.449 e. The van der Waals surface area contributed by atoms with Gasteiger partial charge in [0.2, 0.25) is 5.91 Å². The molecule has 3 N–H and O–H groups in total. The Morgan fingerprint density at radius 3 is 2.71 bits per heavy atom. The first-order valence-electron chi connectivity index (χ1n) is 9.31. The molecule has 3 rings (SSSR count). The van der Waals surface area contributed by atoms with Gasteiger partial charge in [-0.05, 0) is 38.0 Å². The number of carbonyl (C=O) groups excluding carboxylic acids is 4. The lowest BCUT2D eigenvalue weighted by Gasteiger charge is -2.23. The molecule has 0 radical (unpaired) electrons. The van der Waals surface area contributed by atoms with Gasteiger partial charge >= 0.3 is 12.0 Å². The molecular weight excluding hydrogens is 382 g/mol. The number of urea groups is 1. The van der Waals surface area contributed by atoms with Crippen molar-refractivity contribution in [3.63, 3.8) is 0 Å². The number of benzene rings is 1. The van der Waals surface area contributed by atoms with Crippen molar-refractivity contribution >= 4 is 41.3 Å². The van der Waals surface area contributed by atoms with Crippen LogP contribution in [0.3, 0.4) is 0 Å². The van der Waals surface area contributed by atoms with Crippen molar-refractivity contribution in [3.8, 4) is 0 Å². The van der Waals surface area contributed by atoms with Crippen LogP contribution in [0.25, 0.3) is 0 Å². The maximum absolute atomic E-state index is 12.3. The first-order valence-corrected chi connectivity index (χ1v) is 10.3. The summed E-state index contributed by atoms with van der Waals surface area (Å²) in [6, 6.07) is 4.31. The molecule has 8 nitrogen and oxygen atoms in total. The van der Waals surface area contributed by atoms with Crippen molar-refractivity contribution in [2.45, 2.75) is 56.1 Å². The molecule has 4 amide bonds. The Morgan fingerprint density at radius 1 is 1.21 bits per heavy atom. The summed E-state index contributed by atoms with van der Waals surface area (Å²) in [5.41, 5.74) is 0.757. The zero-order chi connectivity index (χ0) is 20.1. The van der Waals surface area contributed by atoms with Gasteiger partial charge in [-0.2, -0.15) is 0 Å². The van der Waals surface area contributed by atoms with Gasteiger partial charge in [-0.3, -0.25) is 14.9 Å². The van der Waals surface area contributed by atoms with Gasteiger partial charge in [0.15, 0.2) is 6.10 Å². The molecule has 9 heteroatoms. The van der Waals surface area contributed by atoms with E-state index in [2.05, 4.69) is 16.0 Å². The molecule has 1 saturated carbocycles. The molecule has 1 atom stereocenters. The molecule has 1 fully saturated rings. The number of esters is 1. The van der Waals surface area contributed by atoms with Gasteiger partial charge in [-0.15, -0.1) is 11.8 Å². The van der Waals surface area contributed by atoms with E-state index in [4.69, 9.17) is 4.74 Å². The highest BCUT2D eigenvalue weighted by molar-refractivity contribution is 8.00. The van der Waals surface area contributed by atoms with Crippen molar-refractivity contribution < 1.29 is 23.9 Å². The second-order valence-electron chi connectivity index (χ2n) is 6.89. The summed E-state index contributed by atoms with van der Waals surface area (Å²) in [7, 11) is 0. The SMILES string of the molecule is C[C@@H](OC(=O)c1ccc2c(c1)NC(=O)CS2)C(=O)NC(=O)NC1CCCCC1. The number of nitrogens with one attached hydrogen (secondary N) is 3. The molecule has 0 spiro atoms. The fourth-order valence-corrected chi connectivity index (χ4v) is 3.96. The second kappa shape index (κ2) is 9.09. The maximum Gasteiger partial charge on any atom is 0.338 e. The lowest BCUT2D eigenvalue weighted by molar-refractivity contribution is -0.127. The predicted molar refractivity (Wildman–Crippen MR) is 104 cm³/mol. The number of ether oxygens (including phenoxy) is 1. The molecule has 2 aliphatic rings. The number of anilines is 1.